The first kappa shape index (κ1) is 50.2. The van der Waals surface area contributed by atoms with Crippen molar-refractivity contribution in [3.8, 4) is 0 Å². The van der Waals surface area contributed by atoms with Gasteiger partial charge in [-0.3, -0.25) is 4.79 Å². The maximum absolute atomic E-state index is 11.5. The van der Waals surface area contributed by atoms with Gasteiger partial charge in [-0.2, -0.15) is 0 Å². The van der Waals surface area contributed by atoms with E-state index < -0.39 is 22.4 Å². The van der Waals surface area contributed by atoms with E-state index in [1.807, 2.05) is 55.4 Å². The fraction of sp³-hybridized carbons (Fsp3) is 0.875. The number of carbonyl (C=O) groups is 3. The van der Waals surface area contributed by atoms with Gasteiger partial charge in [0.15, 0.2) is 0 Å². The van der Waals surface area contributed by atoms with Gasteiger partial charge in [0.1, 0.15) is 17.0 Å². The minimum Gasteiger partial charge on any atom is -1.00 e. The third-order valence-corrected chi connectivity index (χ3v) is 7.16. The zero-order valence-electron chi connectivity index (χ0n) is 28.3. The van der Waals surface area contributed by atoms with Crippen LogP contribution >= 0.6 is 0 Å². The molecule has 12 heteroatoms. The molecule has 2 amide bonds. The number of amides is 2. The van der Waals surface area contributed by atoms with Crippen molar-refractivity contribution in [3.05, 3.63) is 7.43 Å². The molecule has 0 bridgehead atoms. The molecule has 0 aliphatic heterocycles. The molecule has 3 rings (SSSR count). The van der Waals surface area contributed by atoms with Crippen LogP contribution < -0.4 is 33.3 Å². The van der Waals surface area contributed by atoms with Gasteiger partial charge >= 0.3 is 35.2 Å². The Morgan fingerprint density at radius 1 is 0.750 bits per heavy atom. The molecule has 0 atom stereocenters. The summed E-state index contributed by atoms with van der Waals surface area (Å²) in [7, 11) is 0. The van der Waals surface area contributed by atoms with Crippen LogP contribution in [0, 0.1) is 7.43 Å². The molecule has 3 fully saturated rings. The molecule has 3 saturated carbocycles. The van der Waals surface area contributed by atoms with Crippen LogP contribution in [0.1, 0.15) is 140 Å². The van der Waals surface area contributed by atoms with Crippen LogP contribution in [0.4, 0.5) is 9.59 Å². The van der Waals surface area contributed by atoms with Gasteiger partial charge in [0.2, 0.25) is 0 Å². The van der Waals surface area contributed by atoms with Crippen molar-refractivity contribution in [2.45, 2.75) is 180 Å². The predicted octanol–water partition coefficient (Wildman–Crippen LogP) is 2.58. The van der Waals surface area contributed by atoms with E-state index >= 15 is 0 Å². The van der Waals surface area contributed by atoms with E-state index in [2.05, 4.69) is 10.6 Å². The number of carbonyl (C=O) groups excluding carboxylic acids is 3. The monoisotopic (exact) mass is 705 g/mol. The second kappa shape index (κ2) is 22.0. The van der Waals surface area contributed by atoms with Gasteiger partial charge in [0.25, 0.3) is 0 Å². The summed E-state index contributed by atoms with van der Waals surface area (Å²) in [5.74, 6) is 0.289. The van der Waals surface area contributed by atoms with E-state index in [9.17, 15) is 24.6 Å². The number of aliphatic hydroxyl groups is 2. The van der Waals surface area contributed by atoms with E-state index in [0.29, 0.717) is 18.9 Å². The molecule has 3 aliphatic rings. The topological polar surface area (TPSA) is 160 Å². The van der Waals surface area contributed by atoms with Crippen LogP contribution in [0.2, 0.25) is 0 Å². The standard InChI is InChI=1S/C12H23NO3.C11H19NO3.C7H15NO.CH4.CH3.BrH.Mg/c1-11(2,3)16-10(14)13-9-5-7-12(4,15)8-6-9;1-11(2,3)15-10(14)12-8-4-6-9(13)7-5-8;1-7(9)4-2-6(8)3-5-7;;;;/h9,15H,5-8H2,1-4H3,(H,13,14);8H,4-7H2,1-3H3,(H,12,14);6,9H,2-5,8H2,1H3;1H4;1H3;1H;/q;;;;-1;;+2/p-1. The molecule has 0 aromatic rings. The number of alkyl carbamates (subject to hydrolysis) is 2. The quantitative estimate of drug-likeness (QED) is 0.217. The van der Waals surface area contributed by atoms with Crippen LogP contribution in [0.15, 0.2) is 0 Å². The van der Waals surface area contributed by atoms with Crippen molar-refractivity contribution >= 4 is 41.0 Å². The summed E-state index contributed by atoms with van der Waals surface area (Å²) in [6.45, 7) is 14.8. The van der Waals surface area contributed by atoms with Crippen LogP contribution in [0.3, 0.4) is 0 Å². The normalized spacial score (nSPS) is 26.8. The molecule has 0 spiro atoms. The Labute approximate surface area is 295 Å². The van der Waals surface area contributed by atoms with Gasteiger partial charge in [0, 0.05) is 31.0 Å². The first-order valence-electron chi connectivity index (χ1n) is 14.9. The average molecular weight is 707 g/mol. The molecule has 10 nitrogen and oxygen atoms in total. The SMILES string of the molecule is C.CC(C)(C)OC(=O)NC1CCC(=O)CC1.CC1(O)CCC(N)CC1.CC1(O)CCC(NC(=O)OC(C)(C)C)CC1.[Br-].[CH3-].[Mg+2]. The number of halogens is 1. The molecule has 44 heavy (non-hydrogen) atoms. The van der Waals surface area contributed by atoms with Gasteiger partial charge in [-0.05, 0) is 120 Å². The molecule has 0 aromatic carbocycles. The summed E-state index contributed by atoms with van der Waals surface area (Å²) in [6.07, 6.45) is 8.64. The molecular weight excluding hydrogens is 643 g/mol. The Balaban J connectivity index is -0.000000269. The summed E-state index contributed by atoms with van der Waals surface area (Å²) < 4.78 is 10.3. The first-order valence-corrected chi connectivity index (χ1v) is 14.9. The minimum absolute atomic E-state index is 0. The summed E-state index contributed by atoms with van der Waals surface area (Å²) >= 11 is 0. The van der Waals surface area contributed by atoms with Gasteiger partial charge in [-0.15, -0.1) is 0 Å². The molecule has 0 saturated heterocycles. The van der Waals surface area contributed by atoms with E-state index in [1.165, 1.54) is 0 Å². The zero-order chi connectivity index (χ0) is 30.8. The Bertz CT molecular complexity index is 800. The average Bonchev–Trinajstić information content (AvgIpc) is 2.77. The number of hydrogen-bond acceptors (Lipinski definition) is 8. The summed E-state index contributed by atoms with van der Waals surface area (Å²) in [4.78, 5) is 33.9. The van der Waals surface area contributed by atoms with Gasteiger partial charge in [-0.25, -0.2) is 9.59 Å². The largest absolute Gasteiger partial charge is 2.00 e. The smallest absolute Gasteiger partial charge is 1.00 e. The molecule has 6 N–H and O–H groups in total. The van der Waals surface area contributed by atoms with Crippen molar-refractivity contribution in [2.24, 2.45) is 5.73 Å². The third kappa shape index (κ3) is 25.5. The maximum Gasteiger partial charge on any atom is 2.00 e. The van der Waals surface area contributed by atoms with Crippen LogP contribution in [0.25, 0.3) is 0 Å². The first-order chi connectivity index (χ1) is 18.1. The van der Waals surface area contributed by atoms with Crippen molar-refractivity contribution in [1.29, 1.82) is 0 Å². The Morgan fingerprint density at radius 2 is 1.05 bits per heavy atom. The van der Waals surface area contributed by atoms with Crippen molar-refractivity contribution in [3.63, 3.8) is 0 Å². The number of hydrogen-bond donors (Lipinski definition) is 5. The predicted molar refractivity (Wildman–Crippen MR) is 175 cm³/mol. The molecular formula is C32H64BrMgN3O7. The molecule has 0 radical (unpaired) electrons. The summed E-state index contributed by atoms with van der Waals surface area (Å²) in [6, 6.07) is 0.567. The number of rotatable bonds is 2. The van der Waals surface area contributed by atoms with Crippen molar-refractivity contribution in [2.75, 3.05) is 0 Å². The molecule has 3 aliphatic carbocycles. The number of ether oxygens (including phenoxy) is 2. The Kier molecular flexibility index (Phi) is 25.1. The van der Waals surface area contributed by atoms with Gasteiger partial charge in [-0.1, -0.05) is 7.43 Å². The Morgan fingerprint density at radius 3 is 1.34 bits per heavy atom. The number of nitrogens with one attached hydrogen (secondary N) is 2. The molecule has 258 valence electrons. The van der Waals surface area contributed by atoms with Crippen molar-refractivity contribution in [1.82, 2.24) is 10.6 Å². The fourth-order valence-corrected chi connectivity index (χ4v) is 4.68. The van der Waals surface area contributed by atoms with Crippen LogP contribution in [0.5, 0.6) is 0 Å². The second-order valence-electron chi connectivity index (χ2n) is 14.2. The second-order valence-corrected chi connectivity index (χ2v) is 14.2. The molecule has 0 aromatic heterocycles. The van der Waals surface area contributed by atoms with E-state index in [0.717, 1.165) is 64.2 Å². The van der Waals surface area contributed by atoms with E-state index in [4.69, 9.17) is 15.2 Å². The molecule has 0 heterocycles. The van der Waals surface area contributed by atoms with Gasteiger partial charge < -0.3 is 60.5 Å². The third-order valence-electron chi connectivity index (χ3n) is 7.16. The van der Waals surface area contributed by atoms with E-state index in [1.54, 1.807) is 0 Å². The zero-order valence-corrected chi connectivity index (χ0v) is 31.3. The van der Waals surface area contributed by atoms with Crippen molar-refractivity contribution < 1.29 is 51.1 Å². The number of ketones is 1. The van der Waals surface area contributed by atoms with Crippen LogP contribution in [-0.4, -0.2) is 91.8 Å². The van der Waals surface area contributed by atoms with Crippen LogP contribution in [-0.2, 0) is 14.3 Å². The Hall–Kier alpha value is -0.664. The maximum atomic E-state index is 11.5. The number of nitrogens with two attached hydrogens (primary N) is 1. The summed E-state index contributed by atoms with van der Waals surface area (Å²) in [5.41, 5.74) is 3.74. The fourth-order valence-electron chi connectivity index (χ4n) is 4.68. The minimum atomic E-state index is -0.563. The van der Waals surface area contributed by atoms with Gasteiger partial charge in [0.05, 0.1) is 11.2 Å². The number of Topliss-reactive ketones (excluding diaryl/α,β-unsaturated/α-hetero) is 1. The summed E-state index contributed by atoms with van der Waals surface area (Å²) in [5, 5.41) is 24.8. The molecule has 0 unspecified atom stereocenters. The van der Waals surface area contributed by atoms with E-state index in [-0.39, 0.29) is 84.9 Å².